The monoisotopic (exact) mass is 476 g/mol. The van der Waals surface area contributed by atoms with E-state index in [1.54, 1.807) is 36.4 Å². The Labute approximate surface area is 188 Å². The van der Waals surface area contributed by atoms with E-state index in [0.717, 1.165) is 0 Å². The smallest absolute Gasteiger partial charge is 0.366 e. The zero-order valence-electron chi connectivity index (χ0n) is 17.0. The molecule has 0 atom stereocenters. The molecule has 1 heterocycles. The Morgan fingerprint density at radius 1 is 0.765 bits per heavy atom. The van der Waals surface area contributed by atoms with Crippen LogP contribution in [0.2, 0.25) is 0 Å². The van der Waals surface area contributed by atoms with E-state index in [1.165, 1.54) is 12.1 Å². The predicted molar refractivity (Wildman–Crippen MR) is 113 cm³/mol. The molecule has 11 heteroatoms. The SMILES string of the molecule is NC(=O)c1ccc(-c2nnc(Nc3cc(C(F)(F)F)cc(C(F)(F)F)c3)c3ccccc23)cc1. The Bertz CT molecular complexity index is 1350. The maximum atomic E-state index is 13.2. The first kappa shape index (κ1) is 23.0. The molecule has 0 saturated carbocycles. The number of carbonyl (C=O) groups is 1. The molecule has 0 aliphatic rings. The van der Waals surface area contributed by atoms with Gasteiger partial charge in [-0.2, -0.15) is 26.3 Å². The number of halogens is 6. The van der Waals surface area contributed by atoms with Crippen LogP contribution in [0.4, 0.5) is 37.8 Å². The van der Waals surface area contributed by atoms with Gasteiger partial charge in [-0.15, -0.1) is 10.2 Å². The lowest BCUT2D eigenvalue weighted by Gasteiger charge is -2.16. The Balaban J connectivity index is 1.80. The maximum Gasteiger partial charge on any atom is 0.416 e. The highest BCUT2D eigenvalue weighted by Gasteiger charge is 2.37. The van der Waals surface area contributed by atoms with Crippen molar-refractivity contribution in [3.05, 3.63) is 83.4 Å². The molecule has 5 nitrogen and oxygen atoms in total. The Morgan fingerprint density at radius 2 is 1.32 bits per heavy atom. The average Bonchev–Trinajstić information content (AvgIpc) is 2.78. The van der Waals surface area contributed by atoms with Gasteiger partial charge in [0.05, 0.1) is 11.1 Å². The number of hydrogen-bond donors (Lipinski definition) is 2. The Hall–Kier alpha value is -4.15. The molecule has 1 amide bonds. The van der Waals surface area contributed by atoms with Gasteiger partial charge in [0.2, 0.25) is 5.91 Å². The van der Waals surface area contributed by atoms with Crippen molar-refractivity contribution < 1.29 is 31.1 Å². The van der Waals surface area contributed by atoms with Gasteiger partial charge in [-0.1, -0.05) is 36.4 Å². The van der Waals surface area contributed by atoms with Crippen LogP contribution in [-0.4, -0.2) is 16.1 Å². The average molecular weight is 476 g/mol. The van der Waals surface area contributed by atoms with Crippen LogP contribution in [0.5, 0.6) is 0 Å². The van der Waals surface area contributed by atoms with Gasteiger partial charge in [0, 0.05) is 27.6 Å². The van der Waals surface area contributed by atoms with Crippen molar-refractivity contribution in [2.75, 3.05) is 5.32 Å². The fourth-order valence-electron chi connectivity index (χ4n) is 3.37. The van der Waals surface area contributed by atoms with Gasteiger partial charge >= 0.3 is 12.4 Å². The van der Waals surface area contributed by atoms with Crippen LogP contribution in [0.15, 0.2) is 66.7 Å². The van der Waals surface area contributed by atoms with Crippen molar-refractivity contribution in [2.45, 2.75) is 12.4 Å². The van der Waals surface area contributed by atoms with E-state index in [4.69, 9.17) is 5.73 Å². The van der Waals surface area contributed by atoms with Crippen LogP contribution in [-0.2, 0) is 12.4 Å². The summed E-state index contributed by atoms with van der Waals surface area (Å²) in [6.45, 7) is 0. The second-order valence-corrected chi connectivity index (χ2v) is 7.30. The molecule has 4 aromatic rings. The number of benzene rings is 3. The third-order valence-corrected chi connectivity index (χ3v) is 4.98. The first-order chi connectivity index (χ1) is 15.9. The van der Waals surface area contributed by atoms with Crippen LogP contribution in [0.1, 0.15) is 21.5 Å². The number of anilines is 2. The lowest BCUT2D eigenvalue weighted by atomic mass is 10.0. The zero-order chi connectivity index (χ0) is 24.7. The molecule has 0 spiro atoms. The van der Waals surface area contributed by atoms with Crippen LogP contribution < -0.4 is 11.1 Å². The van der Waals surface area contributed by atoms with Crippen molar-refractivity contribution in [3.8, 4) is 11.3 Å². The van der Waals surface area contributed by atoms with Crippen LogP contribution in [0.3, 0.4) is 0 Å². The Morgan fingerprint density at radius 3 is 1.85 bits per heavy atom. The van der Waals surface area contributed by atoms with E-state index in [9.17, 15) is 31.1 Å². The van der Waals surface area contributed by atoms with Gasteiger partial charge in [-0.3, -0.25) is 4.79 Å². The molecule has 0 aliphatic carbocycles. The highest BCUT2D eigenvalue weighted by atomic mass is 19.4. The fourth-order valence-corrected chi connectivity index (χ4v) is 3.37. The van der Waals surface area contributed by atoms with E-state index < -0.39 is 35.1 Å². The third kappa shape index (κ3) is 4.63. The van der Waals surface area contributed by atoms with Crippen LogP contribution >= 0.6 is 0 Å². The van der Waals surface area contributed by atoms with Gasteiger partial charge in [0.15, 0.2) is 5.82 Å². The van der Waals surface area contributed by atoms with Crippen molar-refractivity contribution >= 4 is 28.2 Å². The normalized spacial score (nSPS) is 12.1. The lowest BCUT2D eigenvalue weighted by molar-refractivity contribution is -0.143. The van der Waals surface area contributed by atoms with Crippen LogP contribution in [0, 0.1) is 0 Å². The summed E-state index contributed by atoms with van der Waals surface area (Å²) >= 11 is 0. The van der Waals surface area contributed by atoms with Crippen molar-refractivity contribution in [3.63, 3.8) is 0 Å². The topological polar surface area (TPSA) is 80.9 Å². The highest BCUT2D eigenvalue weighted by molar-refractivity contribution is 6.01. The maximum absolute atomic E-state index is 13.2. The second-order valence-electron chi connectivity index (χ2n) is 7.30. The van der Waals surface area contributed by atoms with Crippen molar-refractivity contribution in [1.29, 1.82) is 0 Å². The van der Waals surface area contributed by atoms with Gasteiger partial charge in [-0.05, 0) is 30.3 Å². The number of amides is 1. The molecule has 0 radical (unpaired) electrons. The largest absolute Gasteiger partial charge is 0.416 e. The summed E-state index contributed by atoms with van der Waals surface area (Å²) in [4.78, 5) is 11.3. The number of hydrogen-bond acceptors (Lipinski definition) is 4. The van der Waals surface area contributed by atoms with Crippen molar-refractivity contribution in [1.82, 2.24) is 10.2 Å². The fraction of sp³-hybridized carbons (Fsp3) is 0.0870. The first-order valence-corrected chi connectivity index (χ1v) is 9.65. The molecule has 3 N–H and O–H groups in total. The molecule has 3 aromatic carbocycles. The number of carbonyl (C=O) groups excluding carboxylic acids is 1. The predicted octanol–water partition coefficient (Wildman–Crippen LogP) is 6.18. The number of alkyl halides is 6. The van der Waals surface area contributed by atoms with E-state index >= 15 is 0 Å². The summed E-state index contributed by atoms with van der Waals surface area (Å²) < 4.78 is 79.2. The number of aromatic nitrogens is 2. The molecule has 0 unspecified atom stereocenters. The third-order valence-electron chi connectivity index (χ3n) is 4.98. The molecule has 0 saturated heterocycles. The van der Waals surface area contributed by atoms with Crippen LogP contribution in [0.25, 0.3) is 22.0 Å². The highest BCUT2D eigenvalue weighted by Crippen LogP contribution is 2.39. The molecule has 34 heavy (non-hydrogen) atoms. The van der Waals surface area contributed by atoms with Gasteiger partial charge in [0.25, 0.3) is 0 Å². The lowest BCUT2D eigenvalue weighted by Crippen LogP contribution is -2.12. The summed E-state index contributed by atoms with van der Waals surface area (Å²) in [6.07, 6.45) is -9.96. The standard InChI is InChI=1S/C23H14F6N4O/c24-22(25,26)14-9-15(23(27,28)29)11-16(10-14)31-21-18-4-2-1-3-17(18)19(32-33-21)12-5-7-13(8-6-12)20(30)34/h1-11H,(H2,30,34)(H,31,33). The first-order valence-electron chi connectivity index (χ1n) is 9.65. The van der Waals surface area contributed by atoms with E-state index in [-0.39, 0.29) is 17.4 Å². The van der Waals surface area contributed by atoms with Gasteiger partial charge in [-0.25, -0.2) is 0 Å². The second kappa shape index (κ2) is 8.32. The number of nitrogens with two attached hydrogens (primary N) is 1. The number of rotatable bonds is 4. The molecule has 0 fully saturated rings. The number of fused-ring (bicyclic) bond motifs is 1. The summed E-state index contributed by atoms with van der Waals surface area (Å²) in [7, 11) is 0. The minimum Gasteiger partial charge on any atom is -0.366 e. The number of nitrogens with one attached hydrogen (secondary N) is 1. The summed E-state index contributed by atoms with van der Waals surface area (Å²) in [5, 5.41) is 11.6. The molecule has 174 valence electrons. The number of nitrogens with zero attached hydrogens (tertiary/aromatic N) is 2. The van der Waals surface area contributed by atoms with Crippen molar-refractivity contribution in [2.24, 2.45) is 5.73 Å². The summed E-state index contributed by atoms with van der Waals surface area (Å²) in [5.41, 5.74) is 3.16. The molecular weight excluding hydrogens is 462 g/mol. The summed E-state index contributed by atoms with van der Waals surface area (Å²) in [6, 6.07) is 14.0. The van der Waals surface area contributed by atoms with E-state index in [2.05, 4.69) is 15.5 Å². The molecule has 0 aliphatic heterocycles. The van der Waals surface area contributed by atoms with Gasteiger partial charge in [0.1, 0.15) is 5.69 Å². The molecule has 0 bridgehead atoms. The number of primary amides is 1. The summed E-state index contributed by atoms with van der Waals surface area (Å²) in [5.74, 6) is -0.637. The molecular formula is C23H14F6N4O. The van der Waals surface area contributed by atoms with E-state index in [1.807, 2.05) is 0 Å². The zero-order valence-corrected chi connectivity index (χ0v) is 17.0. The molecule has 4 rings (SSSR count). The van der Waals surface area contributed by atoms with E-state index in [0.29, 0.717) is 34.2 Å². The minimum absolute atomic E-state index is 0.0273. The quantitative estimate of drug-likeness (QED) is 0.345. The Kier molecular flexibility index (Phi) is 5.64. The minimum atomic E-state index is -4.98. The molecule has 1 aromatic heterocycles. The van der Waals surface area contributed by atoms with Gasteiger partial charge < -0.3 is 11.1 Å².